The Morgan fingerprint density at radius 1 is 1.46 bits per heavy atom. The zero-order valence-electron chi connectivity index (χ0n) is 12.7. The Hall–Kier alpha value is -2.61. The van der Waals surface area contributed by atoms with E-state index in [0.717, 1.165) is 25.1 Å². The molecule has 126 valence electrons. The number of hydrogen-bond acceptors (Lipinski definition) is 4. The summed E-state index contributed by atoms with van der Waals surface area (Å²) in [4.78, 5) is 32.0. The number of piperidine rings is 1. The highest BCUT2D eigenvalue weighted by atomic mass is 35.5. The van der Waals surface area contributed by atoms with Crippen molar-refractivity contribution in [3.05, 3.63) is 51.6 Å². The molecule has 0 radical (unpaired) electrons. The smallest absolute Gasteiger partial charge is 0.322 e. The fraction of sp³-hybridized carbons (Fsp3) is 0.333. The molecule has 0 aliphatic carbocycles. The first-order valence-corrected chi connectivity index (χ1v) is 7.95. The van der Waals surface area contributed by atoms with E-state index >= 15 is 0 Å². The van der Waals surface area contributed by atoms with E-state index in [9.17, 15) is 14.9 Å². The monoisotopic (exact) mass is 349 g/mol. The van der Waals surface area contributed by atoms with E-state index < -0.39 is 4.92 Å². The second kappa shape index (κ2) is 6.88. The Morgan fingerprint density at radius 2 is 2.29 bits per heavy atom. The highest BCUT2D eigenvalue weighted by molar-refractivity contribution is 6.32. The van der Waals surface area contributed by atoms with Gasteiger partial charge in [0.1, 0.15) is 10.8 Å². The van der Waals surface area contributed by atoms with E-state index in [4.69, 9.17) is 11.6 Å². The van der Waals surface area contributed by atoms with Crippen LogP contribution in [-0.2, 0) is 0 Å². The van der Waals surface area contributed by atoms with Crippen molar-refractivity contribution in [2.45, 2.75) is 25.3 Å². The molecule has 0 spiro atoms. The molecule has 1 saturated heterocycles. The summed E-state index contributed by atoms with van der Waals surface area (Å²) in [5.41, 5.74) is 0.0931. The number of amides is 2. The van der Waals surface area contributed by atoms with Crippen LogP contribution in [0.3, 0.4) is 0 Å². The quantitative estimate of drug-likeness (QED) is 0.650. The first-order chi connectivity index (χ1) is 11.6. The molecule has 2 N–H and O–H groups in total. The standard InChI is InChI=1S/C15H16ClN5O3/c16-11-5-4-10(9-13(11)21(23)24)19-15(22)20-8-2-1-3-12(20)14-17-6-7-18-14/h4-7,9,12H,1-3,8H2,(H,17,18)(H,19,22). The predicted octanol–water partition coefficient (Wildman–Crippen LogP) is 3.73. The number of benzene rings is 1. The number of imidazole rings is 1. The lowest BCUT2D eigenvalue weighted by Gasteiger charge is -2.34. The number of aromatic nitrogens is 2. The molecule has 1 unspecified atom stereocenters. The lowest BCUT2D eigenvalue weighted by molar-refractivity contribution is -0.384. The lowest BCUT2D eigenvalue weighted by atomic mass is 10.0. The number of carbonyl (C=O) groups excluding carboxylic acids is 1. The Morgan fingerprint density at radius 3 is 3.00 bits per heavy atom. The van der Waals surface area contributed by atoms with Crippen LogP contribution in [0.5, 0.6) is 0 Å². The summed E-state index contributed by atoms with van der Waals surface area (Å²) in [6.45, 7) is 0.604. The summed E-state index contributed by atoms with van der Waals surface area (Å²) >= 11 is 5.79. The first kappa shape index (κ1) is 16.3. The summed E-state index contributed by atoms with van der Waals surface area (Å²) in [5.74, 6) is 0.743. The molecule has 8 nitrogen and oxygen atoms in total. The zero-order chi connectivity index (χ0) is 17.1. The van der Waals surface area contributed by atoms with Gasteiger partial charge >= 0.3 is 6.03 Å². The molecule has 1 aliphatic rings. The number of nitro groups is 1. The zero-order valence-corrected chi connectivity index (χ0v) is 13.5. The van der Waals surface area contributed by atoms with Gasteiger partial charge in [-0.1, -0.05) is 11.6 Å². The number of anilines is 1. The number of nitrogens with zero attached hydrogens (tertiary/aromatic N) is 3. The van der Waals surface area contributed by atoms with E-state index in [1.54, 1.807) is 23.4 Å². The topological polar surface area (TPSA) is 104 Å². The van der Waals surface area contributed by atoms with Crippen molar-refractivity contribution < 1.29 is 9.72 Å². The van der Waals surface area contributed by atoms with E-state index in [1.807, 2.05) is 0 Å². The average Bonchev–Trinajstić information content (AvgIpc) is 3.10. The molecular formula is C15H16ClN5O3. The summed E-state index contributed by atoms with van der Waals surface area (Å²) in [6.07, 6.45) is 6.12. The minimum atomic E-state index is -0.579. The molecule has 0 saturated carbocycles. The van der Waals surface area contributed by atoms with E-state index in [-0.39, 0.29) is 22.8 Å². The molecule has 1 fully saturated rings. The molecule has 9 heteroatoms. The van der Waals surface area contributed by atoms with Crippen LogP contribution in [-0.4, -0.2) is 32.4 Å². The van der Waals surface area contributed by atoms with Gasteiger partial charge in [0.25, 0.3) is 5.69 Å². The Bertz CT molecular complexity index is 750. The van der Waals surface area contributed by atoms with Gasteiger partial charge in [-0.15, -0.1) is 0 Å². The van der Waals surface area contributed by atoms with Crippen molar-refractivity contribution in [1.82, 2.24) is 14.9 Å². The third kappa shape index (κ3) is 3.33. The molecule has 2 heterocycles. The first-order valence-electron chi connectivity index (χ1n) is 7.57. The number of likely N-dealkylation sites (tertiary alicyclic amines) is 1. The number of H-pyrrole nitrogens is 1. The highest BCUT2D eigenvalue weighted by Gasteiger charge is 2.29. The van der Waals surface area contributed by atoms with Gasteiger partial charge in [0.2, 0.25) is 0 Å². The summed E-state index contributed by atoms with van der Waals surface area (Å²) < 4.78 is 0. The van der Waals surface area contributed by atoms with Crippen molar-refractivity contribution in [3.8, 4) is 0 Å². The SMILES string of the molecule is O=C(Nc1ccc(Cl)c([N+](=O)[O-])c1)N1CCCCC1c1ncc[nH]1. The molecule has 1 aliphatic heterocycles. The van der Waals surface area contributed by atoms with E-state index in [2.05, 4.69) is 15.3 Å². The average molecular weight is 350 g/mol. The molecule has 2 amide bonds. The van der Waals surface area contributed by atoms with Crippen LogP contribution in [0.1, 0.15) is 31.1 Å². The van der Waals surface area contributed by atoms with E-state index in [0.29, 0.717) is 12.2 Å². The van der Waals surface area contributed by atoms with Gasteiger partial charge in [0.05, 0.1) is 11.0 Å². The van der Waals surface area contributed by atoms with Crippen molar-refractivity contribution in [3.63, 3.8) is 0 Å². The number of carbonyl (C=O) groups is 1. The van der Waals surface area contributed by atoms with Crippen LogP contribution >= 0.6 is 11.6 Å². The predicted molar refractivity (Wildman–Crippen MR) is 89.0 cm³/mol. The molecule has 1 aromatic heterocycles. The lowest BCUT2D eigenvalue weighted by Crippen LogP contribution is -2.41. The Kier molecular flexibility index (Phi) is 4.66. The highest BCUT2D eigenvalue weighted by Crippen LogP contribution is 2.31. The number of aromatic amines is 1. The molecule has 1 aromatic carbocycles. The van der Waals surface area contributed by atoms with Gasteiger partial charge in [-0.3, -0.25) is 10.1 Å². The fourth-order valence-corrected chi connectivity index (χ4v) is 3.03. The van der Waals surface area contributed by atoms with E-state index in [1.165, 1.54) is 12.1 Å². The number of hydrogen-bond donors (Lipinski definition) is 2. The molecular weight excluding hydrogens is 334 g/mol. The minimum absolute atomic E-state index is 0.0319. The van der Waals surface area contributed by atoms with Crippen molar-refractivity contribution in [2.24, 2.45) is 0 Å². The van der Waals surface area contributed by atoms with Gasteiger partial charge in [-0.25, -0.2) is 9.78 Å². The normalized spacial score (nSPS) is 17.5. The number of urea groups is 1. The van der Waals surface area contributed by atoms with Crippen LogP contribution in [0.2, 0.25) is 5.02 Å². The molecule has 1 atom stereocenters. The van der Waals surface area contributed by atoms with Crippen LogP contribution in [0, 0.1) is 10.1 Å². The molecule has 2 aromatic rings. The molecule has 3 rings (SSSR count). The maximum Gasteiger partial charge on any atom is 0.322 e. The van der Waals surface area contributed by atoms with Crippen molar-refractivity contribution >= 4 is 29.0 Å². The third-order valence-electron chi connectivity index (χ3n) is 3.99. The van der Waals surface area contributed by atoms with Gasteiger partial charge in [0.15, 0.2) is 0 Å². The summed E-state index contributed by atoms with van der Waals surface area (Å²) in [6, 6.07) is 3.75. The fourth-order valence-electron chi connectivity index (χ4n) is 2.84. The third-order valence-corrected chi connectivity index (χ3v) is 4.31. The second-order valence-corrected chi connectivity index (χ2v) is 5.94. The second-order valence-electron chi connectivity index (χ2n) is 5.53. The summed E-state index contributed by atoms with van der Waals surface area (Å²) in [5, 5.41) is 13.7. The largest absolute Gasteiger partial charge is 0.347 e. The number of nitro benzene ring substituents is 1. The Balaban J connectivity index is 1.78. The van der Waals surface area contributed by atoms with Crippen molar-refractivity contribution in [1.29, 1.82) is 0 Å². The number of nitrogens with one attached hydrogen (secondary N) is 2. The minimum Gasteiger partial charge on any atom is -0.347 e. The van der Waals surface area contributed by atoms with Gasteiger partial charge < -0.3 is 15.2 Å². The number of rotatable bonds is 3. The summed E-state index contributed by atoms with van der Waals surface area (Å²) in [7, 11) is 0. The maximum absolute atomic E-state index is 12.6. The molecule has 24 heavy (non-hydrogen) atoms. The van der Waals surface area contributed by atoms with Crippen LogP contribution < -0.4 is 5.32 Å². The van der Waals surface area contributed by atoms with Crippen LogP contribution in [0.4, 0.5) is 16.2 Å². The van der Waals surface area contributed by atoms with Gasteiger partial charge in [0, 0.05) is 30.7 Å². The maximum atomic E-state index is 12.6. The van der Waals surface area contributed by atoms with Gasteiger partial charge in [-0.2, -0.15) is 0 Å². The number of halogens is 1. The van der Waals surface area contributed by atoms with Gasteiger partial charge in [-0.05, 0) is 31.4 Å². The Labute approximate surface area is 143 Å². The van der Waals surface area contributed by atoms with Crippen LogP contribution in [0.15, 0.2) is 30.6 Å². The van der Waals surface area contributed by atoms with Crippen LogP contribution in [0.25, 0.3) is 0 Å². The van der Waals surface area contributed by atoms with Crippen molar-refractivity contribution in [2.75, 3.05) is 11.9 Å². The molecule has 0 bridgehead atoms.